The smallest absolute Gasteiger partial charge is 0.337 e. The third kappa shape index (κ3) is 3.76. The Balaban J connectivity index is 1.47. The SMILES string of the molecule is CN(Cc1oc2ccccc2c1Cl)C(=O)C=Cc1cnc2c(c1)NC(C)(C)C(=O)O2. The van der Waals surface area contributed by atoms with Crippen LogP contribution in [-0.4, -0.2) is 34.3 Å². The Morgan fingerprint density at radius 3 is 2.87 bits per heavy atom. The van der Waals surface area contributed by atoms with E-state index in [9.17, 15) is 9.59 Å². The molecule has 3 aromatic rings. The summed E-state index contributed by atoms with van der Waals surface area (Å²) in [5.41, 5.74) is 1.12. The number of hydrogen-bond donors (Lipinski definition) is 1. The van der Waals surface area contributed by atoms with Crippen LogP contribution in [0.25, 0.3) is 17.0 Å². The number of ether oxygens (including phenoxy) is 1. The van der Waals surface area contributed by atoms with E-state index in [1.165, 1.54) is 17.2 Å². The van der Waals surface area contributed by atoms with E-state index < -0.39 is 11.5 Å². The van der Waals surface area contributed by atoms with E-state index in [4.69, 9.17) is 20.8 Å². The Morgan fingerprint density at radius 2 is 2.10 bits per heavy atom. The molecule has 0 unspecified atom stereocenters. The molecule has 0 saturated heterocycles. The molecule has 0 fully saturated rings. The van der Waals surface area contributed by atoms with Crippen molar-refractivity contribution in [3.05, 3.63) is 59.0 Å². The summed E-state index contributed by atoms with van der Waals surface area (Å²) < 4.78 is 11.0. The Morgan fingerprint density at radius 1 is 1.33 bits per heavy atom. The van der Waals surface area contributed by atoms with E-state index >= 15 is 0 Å². The Labute approximate surface area is 178 Å². The highest BCUT2D eigenvalue weighted by atomic mass is 35.5. The zero-order valence-corrected chi connectivity index (χ0v) is 17.5. The number of esters is 1. The number of nitrogens with zero attached hydrogens (tertiary/aromatic N) is 2. The average molecular weight is 426 g/mol. The Kier molecular flexibility index (Phi) is 4.99. The molecule has 1 aliphatic rings. The highest BCUT2D eigenvalue weighted by molar-refractivity contribution is 6.36. The maximum Gasteiger partial charge on any atom is 0.337 e. The number of rotatable bonds is 4. The van der Waals surface area contributed by atoms with Gasteiger partial charge in [-0.3, -0.25) is 4.79 Å². The molecule has 0 radical (unpaired) electrons. The van der Waals surface area contributed by atoms with E-state index in [1.54, 1.807) is 33.0 Å². The Hall–Kier alpha value is -3.32. The molecule has 0 atom stereocenters. The summed E-state index contributed by atoms with van der Waals surface area (Å²) in [6.45, 7) is 3.69. The molecule has 0 aliphatic carbocycles. The number of pyridine rings is 1. The summed E-state index contributed by atoms with van der Waals surface area (Å²) in [6, 6.07) is 9.24. The lowest BCUT2D eigenvalue weighted by Crippen LogP contribution is -2.46. The van der Waals surface area contributed by atoms with Crippen molar-refractivity contribution < 1.29 is 18.7 Å². The van der Waals surface area contributed by atoms with Crippen LogP contribution < -0.4 is 10.1 Å². The molecule has 1 aliphatic heterocycles. The predicted molar refractivity (Wildman–Crippen MR) is 114 cm³/mol. The second-order valence-corrected chi connectivity index (χ2v) is 8.00. The van der Waals surface area contributed by atoms with Crippen molar-refractivity contribution in [1.82, 2.24) is 9.88 Å². The van der Waals surface area contributed by atoms with Gasteiger partial charge in [-0.1, -0.05) is 23.7 Å². The van der Waals surface area contributed by atoms with Gasteiger partial charge in [0.2, 0.25) is 11.8 Å². The van der Waals surface area contributed by atoms with Crippen LogP contribution in [0.3, 0.4) is 0 Å². The largest absolute Gasteiger partial charge is 0.458 e. The molecular formula is C22H20ClN3O4. The third-order valence-corrected chi connectivity index (χ3v) is 5.21. The molecule has 2 aromatic heterocycles. The van der Waals surface area contributed by atoms with Crippen molar-refractivity contribution >= 4 is 46.2 Å². The van der Waals surface area contributed by atoms with Gasteiger partial charge in [-0.15, -0.1) is 0 Å². The van der Waals surface area contributed by atoms with Crippen LogP contribution in [0.15, 0.2) is 47.0 Å². The van der Waals surface area contributed by atoms with Crippen LogP contribution in [-0.2, 0) is 16.1 Å². The van der Waals surface area contributed by atoms with Crippen LogP contribution in [0.5, 0.6) is 5.88 Å². The fourth-order valence-electron chi connectivity index (χ4n) is 3.09. The molecule has 1 amide bonds. The minimum absolute atomic E-state index is 0.219. The fourth-order valence-corrected chi connectivity index (χ4v) is 3.34. The molecule has 0 spiro atoms. The van der Waals surface area contributed by atoms with Crippen molar-refractivity contribution in [1.29, 1.82) is 0 Å². The molecular weight excluding hydrogens is 406 g/mol. The number of para-hydroxylation sites is 1. The van der Waals surface area contributed by atoms with Gasteiger partial charge in [-0.05, 0) is 43.7 Å². The molecule has 1 aromatic carbocycles. The lowest BCUT2D eigenvalue weighted by Gasteiger charge is -2.30. The molecule has 0 saturated carbocycles. The van der Waals surface area contributed by atoms with Crippen molar-refractivity contribution in [3.8, 4) is 5.88 Å². The highest BCUT2D eigenvalue weighted by Crippen LogP contribution is 2.32. The van der Waals surface area contributed by atoms with Crippen molar-refractivity contribution in [2.24, 2.45) is 0 Å². The summed E-state index contributed by atoms with van der Waals surface area (Å²) in [4.78, 5) is 30.1. The zero-order chi connectivity index (χ0) is 21.5. The predicted octanol–water partition coefficient (Wildman–Crippen LogP) is 4.26. The number of anilines is 1. The van der Waals surface area contributed by atoms with Gasteiger partial charge in [-0.2, -0.15) is 0 Å². The van der Waals surface area contributed by atoms with E-state index in [-0.39, 0.29) is 18.3 Å². The number of hydrogen-bond acceptors (Lipinski definition) is 6. The standard InChI is InChI=1S/C22H20ClN3O4/c1-22(2)21(28)30-20-15(25-22)10-13(11-24-20)8-9-18(27)26(3)12-17-19(23)14-6-4-5-7-16(14)29-17/h4-11,25H,12H2,1-3H3. The van der Waals surface area contributed by atoms with Gasteiger partial charge in [0, 0.05) is 24.7 Å². The lowest BCUT2D eigenvalue weighted by atomic mass is 10.0. The average Bonchev–Trinajstić information content (AvgIpc) is 3.02. The molecule has 8 heteroatoms. The van der Waals surface area contributed by atoms with Gasteiger partial charge < -0.3 is 19.4 Å². The first-order chi connectivity index (χ1) is 14.2. The monoisotopic (exact) mass is 425 g/mol. The number of fused-ring (bicyclic) bond motifs is 2. The summed E-state index contributed by atoms with van der Waals surface area (Å²) in [5, 5.41) is 4.43. The minimum atomic E-state index is -0.848. The van der Waals surface area contributed by atoms with Crippen LogP contribution in [0.4, 0.5) is 5.69 Å². The van der Waals surface area contributed by atoms with Gasteiger partial charge in [0.05, 0.1) is 17.3 Å². The van der Waals surface area contributed by atoms with Gasteiger partial charge in [0.1, 0.15) is 16.9 Å². The zero-order valence-electron chi connectivity index (χ0n) is 16.7. The highest BCUT2D eigenvalue weighted by Gasteiger charge is 2.35. The van der Waals surface area contributed by atoms with Gasteiger partial charge in [0.15, 0.2) is 0 Å². The summed E-state index contributed by atoms with van der Waals surface area (Å²) >= 11 is 6.38. The van der Waals surface area contributed by atoms with Crippen LogP contribution in [0.1, 0.15) is 25.2 Å². The van der Waals surface area contributed by atoms with E-state index in [1.807, 2.05) is 24.3 Å². The molecule has 3 heterocycles. The first-order valence-electron chi connectivity index (χ1n) is 9.34. The molecule has 7 nitrogen and oxygen atoms in total. The number of furan rings is 1. The summed E-state index contributed by atoms with van der Waals surface area (Å²) in [7, 11) is 1.67. The number of nitrogens with one attached hydrogen (secondary N) is 1. The molecule has 4 rings (SSSR count). The van der Waals surface area contributed by atoms with Crippen LogP contribution in [0, 0.1) is 0 Å². The number of benzene rings is 1. The molecule has 154 valence electrons. The van der Waals surface area contributed by atoms with Gasteiger partial charge in [-0.25, -0.2) is 9.78 Å². The van der Waals surface area contributed by atoms with E-state index in [2.05, 4.69) is 10.3 Å². The number of carbonyl (C=O) groups excluding carboxylic acids is 2. The lowest BCUT2D eigenvalue weighted by molar-refractivity contribution is -0.139. The van der Waals surface area contributed by atoms with Gasteiger partial charge >= 0.3 is 5.97 Å². The first kappa shape index (κ1) is 20.0. The second kappa shape index (κ2) is 7.50. The number of carbonyl (C=O) groups is 2. The Bertz CT molecular complexity index is 1180. The summed E-state index contributed by atoms with van der Waals surface area (Å²) in [6.07, 6.45) is 4.63. The quantitative estimate of drug-likeness (QED) is 0.496. The molecule has 0 bridgehead atoms. The van der Waals surface area contributed by atoms with Crippen molar-refractivity contribution in [3.63, 3.8) is 0 Å². The molecule has 1 N–H and O–H groups in total. The minimum Gasteiger partial charge on any atom is -0.458 e. The van der Waals surface area contributed by atoms with Crippen LogP contribution in [0.2, 0.25) is 5.02 Å². The normalized spacial score (nSPS) is 15.0. The fraction of sp³-hybridized carbons (Fsp3) is 0.227. The number of likely N-dealkylation sites (N-methyl/N-ethyl adjacent to an activating group) is 1. The van der Waals surface area contributed by atoms with E-state index in [0.29, 0.717) is 27.6 Å². The maximum absolute atomic E-state index is 12.5. The second-order valence-electron chi connectivity index (χ2n) is 7.62. The first-order valence-corrected chi connectivity index (χ1v) is 9.72. The van der Waals surface area contributed by atoms with Crippen molar-refractivity contribution in [2.45, 2.75) is 25.9 Å². The number of halogens is 1. The van der Waals surface area contributed by atoms with Crippen LogP contribution >= 0.6 is 11.6 Å². The van der Waals surface area contributed by atoms with Crippen molar-refractivity contribution in [2.75, 3.05) is 12.4 Å². The molecule has 30 heavy (non-hydrogen) atoms. The topological polar surface area (TPSA) is 84.7 Å². The van der Waals surface area contributed by atoms with Gasteiger partial charge in [0.25, 0.3) is 0 Å². The number of aromatic nitrogens is 1. The third-order valence-electron chi connectivity index (χ3n) is 4.80. The van der Waals surface area contributed by atoms with E-state index in [0.717, 1.165) is 5.39 Å². The summed E-state index contributed by atoms with van der Waals surface area (Å²) in [5.74, 6) is 0.140. The maximum atomic E-state index is 12.5. The number of amides is 1.